The standard InChI is InChI=1S/C9H12N2O2/c1-7(4-5-10)11-9(12)8-3-2-6-13-8/h3,7H,2,4,6H2,1H3,(H,11,12). The quantitative estimate of drug-likeness (QED) is 0.695. The second-order valence-corrected chi connectivity index (χ2v) is 2.94. The molecular formula is C9H12N2O2. The van der Waals surface area contributed by atoms with E-state index in [1.54, 1.807) is 13.0 Å². The second-order valence-electron chi connectivity index (χ2n) is 2.94. The van der Waals surface area contributed by atoms with Crippen LogP contribution in [0.25, 0.3) is 0 Å². The molecule has 0 aliphatic carbocycles. The number of amides is 1. The number of rotatable bonds is 3. The highest BCUT2D eigenvalue weighted by Gasteiger charge is 2.16. The van der Waals surface area contributed by atoms with E-state index in [0.717, 1.165) is 6.42 Å². The van der Waals surface area contributed by atoms with E-state index >= 15 is 0 Å². The van der Waals surface area contributed by atoms with Crippen molar-refractivity contribution in [3.63, 3.8) is 0 Å². The molecular weight excluding hydrogens is 168 g/mol. The molecule has 4 heteroatoms. The minimum atomic E-state index is -0.222. The van der Waals surface area contributed by atoms with Crippen molar-refractivity contribution in [2.24, 2.45) is 0 Å². The van der Waals surface area contributed by atoms with Gasteiger partial charge in [-0.1, -0.05) is 0 Å². The maximum Gasteiger partial charge on any atom is 0.286 e. The summed E-state index contributed by atoms with van der Waals surface area (Å²) < 4.78 is 5.06. The third kappa shape index (κ3) is 2.79. The second kappa shape index (κ2) is 4.51. The van der Waals surface area contributed by atoms with Crippen LogP contribution in [0.1, 0.15) is 19.8 Å². The molecule has 0 aromatic carbocycles. The first-order valence-electron chi connectivity index (χ1n) is 4.25. The van der Waals surface area contributed by atoms with Gasteiger partial charge in [-0.3, -0.25) is 4.79 Å². The number of nitrogens with one attached hydrogen (secondary N) is 1. The fourth-order valence-corrected chi connectivity index (χ4v) is 1.06. The lowest BCUT2D eigenvalue weighted by molar-refractivity contribution is -0.121. The lowest BCUT2D eigenvalue weighted by Crippen LogP contribution is -2.33. The molecule has 1 unspecified atom stereocenters. The minimum absolute atomic E-state index is 0.123. The fraction of sp³-hybridized carbons (Fsp3) is 0.556. The van der Waals surface area contributed by atoms with Crippen LogP contribution < -0.4 is 5.32 Å². The van der Waals surface area contributed by atoms with E-state index in [1.165, 1.54) is 0 Å². The highest BCUT2D eigenvalue weighted by Crippen LogP contribution is 2.08. The Morgan fingerprint density at radius 1 is 1.92 bits per heavy atom. The summed E-state index contributed by atoms with van der Waals surface area (Å²) in [5.74, 6) is 0.157. The molecule has 1 amide bonds. The summed E-state index contributed by atoms with van der Waals surface area (Å²) >= 11 is 0. The molecule has 1 atom stereocenters. The van der Waals surface area contributed by atoms with Crippen LogP contribution in [0.4, 0.5) is 0 Å². The average Bonchev–Trinajstić information content (AvgIpc) is 2.55. The SMILES string of the molecule is CC(CC#N)NC(=O)C1=CCCO1. The Kier molecular flexibility index (Phi) is 3.32. The van der Waals surface area contributed by atoms with Gasteiger partial charge >= 0.3 is 0 Å². The molecule has 0 spiro atoms. The summed E-state index contributed by atoms with van der Waals surface area (Å²) in [6.45, 7) is 2.37. The Morgan fingerprint density at radius 2 is 2.69 bits per heavy atom. The molecule has 1 heterocycles. The van der Waals surface area contributed by atoms with Gasteiger partial charge in [0.2, 0.25) is 0 Å². The van der Waals surface area contributed by atoms with Crippen molar-refractivity contribution >= 4 is 5.91 Å². The van der Waals surface area contributed by atoms with E-state index in [0.29, 0.717) is 18.8 Å². The molecule has 13 heavy (non-hydrogen) atoms. The monoisotopic (exact) mass is 180 g/mol. The van der Waals surface area contributed by atoms with Crippen LogP contribution in [0.15, 0.2) is 11.8 Å². The fourth-order valence-electron chi connectivity index (χ4n) is 1.06. The van der Waals surface area contributed by atoms with Gasteiger partial charge in [0.1, 0.15) is 0 Å². The van der Waals surface area contributed by atoms with E-state index < -0.39 is 0 Å². The van der Waals surface area contributed by atoms with Gasteiger partial charge in [-0.25, -0.2) is 0 Å². The van der Waals surface area contributed by atoms with Crippen molar-refractivity contribution in [2.75, 3.05) is 6.61 Å². The van der Waals surface area contributed by atoms with Crippen molar-refractivity contribution < 1.29 is 9.53 Å². The summed E-state index contributed by atoms with van der Waals surface area (Å²) in [4.78, 5) is 11.3. The first-order valence-corrected chi connectivity index (χ1v) is 4.25. The lowest BCUT2D eigenvalue weighted by Gasteiger charge is -2.10. The third-order valence-corrected chi connectivity index (χ3v) is 1.70. The maximum atomic E-state index is 11.3. The lowest BCUT2D eigenvalue weighted by atomic mass is 10.2. The van der Waals surface area contributed by atoms with Crippen molar-refractivity contribution in [2.45, 2.75) is 25.8 Å². The molecule has 0 fully saturated rings. The molecule has 0 saturated heterocycles. The van der Waals surface area contributed by atoms with Gasteiger partial charge in [-0.15, -0.1) is 0 Å². The predicted octanol–water partition coefficient (Wildman–Crippen LogP) is 0.709. The first-order chi connectivity index (χ1) is 6.24. The Bertz CT molecular complexity index is 265. The predicted molar refractivity (Wildman–Crippen MR) is 46.5 cm³/mol. The van der Waals surface area contributed by atoms with Crippen molar-refractivity contribution in [3.8, 4) is 6.07 Å². The van der Waals surface area contributed by atoms with Gasteiger partial charge in [0.25, 0.3) is 5.91 Å². The molecule has 1 rings (SSSR count). The van der Waals surface area contributed by atoms with E-state index in [1.807, 2.05) is 6.07 Å². The number of hydrogen-bond acceptors (Lipinski definition) is 3. The van der Waals surface area contributed by atoms with E-state index in [2.05, 4.69) is 5.32 Å². The summed E-state index contributed by atoms with van der Waals surface area (Å²) in [6.07, 6.45) is 2.86. The number of carbonyl (C=O) groups is 1. The number of hydrogen-bond donors (Lipinski definition) is 1. The van der Waals surface area contributed by atoms with E-state index in [4.69, 9.17) is 10.00 Å². The minimum Gasteiger partial charge on any atom is -0.488 e. The topological polar surface area (TPSA) is 62.1 Å². The average molecular weight is 180 g/mol. The summed E-state index contributed by atoms with van der Waals surface area (Å²) in [7, 11) is 0. The first kappa shape index (κ1) is 9.59. The van der Waals surface area contributed by atoms with Crippen molar-refractivity contribution in [1.82, 2.24) is 5.32 Å². The van der Waals surface area contributed by atoms with Crippen molar-refractivity contribution in [1.29, 1.82) is 5.26 Å². The maximum absolute atomic E-state index is 11.3. The van der Waals surface area contributed by atoms with E-state index in [-0.39, 0.29) is 11.9 Å². The van der Waals surface area contributed by atoms with Crippen molar-refractivity contribution in [3.05, 3.63) is 11.8 Å². The molecule has 1 aliphatic heterocycles. The van der Waals surface area contributed by atoms with Crippen LogP contribution in [0, 0.1) is 11.3 Å². The highest BCUT2D eigenvalue weighted by atomic mass is 16.5. The van der Waals surface area contributed by atoms with Crippen LogP contribution in [0.3, 0.4) is 0 Å². The Labute approximate surface area is 77.2 Å². The summed E-state index contributed by atoms with van der Waals surface area (Å²) in [5.41, 5.74) is 0. The number of nitriles is 1. The molecule has 0 aromatic rings. The zero-order valence-electron chi connectivity index (χ0n) is 7.54. The number of carbonyl (C=O) groups excluding carboxylic acids is 1. The van der Waals surface area contributed by atoms with Gasteiger partial charge in [0.05, 0.1) is 19.1 Å². The Hall–Kier alpha value is -1.50. The molecule has 4 nitrogen and oxygen atoms in total. The smallest absolute Gasteiger partial charge is 0.286 e. The molecule has 0 saturated carbocycles. The molecule has 0 aromatic heterocycles. The van der Waals surface area contributed by atoms with Gasteiger partial charge in [-0.05, 0) is 13.0 Å². The highest BCUT2D eigenvalue weighted by molar-refractivity contribution is 5.91. The molecule has 1 aliphatic rings. The Balaban J connectivity index is 2.37. The van der Waals surface area contributed by atoms with Gasteiger partial charge in [0, 0.05) is 12.5 Å². The third-order valence-electron chi connectivity index (χ3n) is 1.70. The molecule has 0 bridgehead atoms. The van der Waals surface area contributed by atoms with Gasteiger partial charge in [0.15, 0.2) is 5.76 Å². The van der Waals surface area contributed by atoms with E-state index in [9.17, 15) is 4.79 Å². The Morgan fingerprint density at radius 3 is 3.23 bits per heavy atom. The van der Waals surface area contributed by atoms with Crippen LogP contribution >= 0.6 is 0 Å². The number of ether oxygens (including phenoxy) is 1. The molecule has 0 radical (unpaired) electrons. The summed E-state index contributed by atoms with van der Waals surface area (Å²) in [6, 6.07) is 1.87. The van der Waals surface area contributed by atoms with Gasteiger partial charge in [-0.2, -0.15) is 5.26 Å². The molecule has 1 N–H and O–H groups in total. The number of nitrogens with zero attached hydrogens (tertiary/aromatic N) is 1. The normalized spacial score (nSPS) is 16.8. The van der Waals surface area contributed by atoms with Crippen LogP contribution in [-0.2, 0) is 9.53 Å². The van der Waals surface area contributed by atoms with Gasteiger partial charge < -0.3 is 10.1 Å². The summed E-state index contributed by atoms with van der Waals surface area (Å²) in [5, 5.41) is 11.0. The zero-order valence-corrected chi connectivity index (χ0v) is 7.54. The molecule has 70 valence electrons. The largest absolute Gasteiger partial charge is 0.488 e. The van der Waals surface area contributed by atoms with Crippen LogP contribution in [-0.4, -0.2) is 18.6 Å². The van der Waals surface area contributed by atoms with Crippen LogP contribution in [0.5, 0.6) is 0 Å². The van der Waals surface area contributed by atoms with Crippen LogP contribution in [0.2, 0.25) is 0 Å². The zero-order chi connectivity index (χ0) is 9.68.